The van der Waals surface area contributed by atoms with Crippen LogP contribution in [0.15, 0.2) is 47.0 Å². The Morgan fingerprint density at radius 1 is 1.07 bits per heavy atom. The summed E-state index contributed by atoms with van der Waals surface area (Å²) in [5.41, 5.74) is 8.27. The van der Waals surface area contributed by atoms with E-state index in [0.717, 1.165) is 30.0 Å². The minimum atomic E-state index is -4.38. The number of carboxylic acid groups (broad SMARTS) is 1. The van der Waals surface area contributed by atoms with Crippen molar-refractivity contribution in [2.75, 3.05) is 13.6 Å². The highest BCUT2D eigenvalue weighted by Crippen LogP contribution is 2.37. The van der Waals surface area contributed by atoms with Crippen LogP contribution in [0.4, 0.5) is 18.9 Å². The van der Waals surface area contributed by atoms with E-state index in [0.29, 0.717) is 28.9 Å². The Balaban J connectivity index is -0.000000281. The molecule has 0 aliphatic heterocycles. The number of nitrogens with zero attached hydrogens (tertiary/aromatic N) is 1. The van der Waals surface area contributed by atoms with Crippen molar-refractivity contribution in [3.05, 3.63) is 58.7 Å². The van der Waals surface area contributed by atoms with E-state index < -0.39 is 17.7 Å². The van der Waals surface area contributed by atoms with Crippen molar-refractivity contribution in [1.82, 2.24) is 5.32 Å². The SMILES string of the molecule is C/C=C(C)\C=C(/C(C)=N)C(=O)O.C=C(NC)c1cc(C(F)(F)F)cc(CC)c1N=C(C)C.CC.CC.CCCCCCN. The van der Waals surface area contributed by atoms with Crippen molar-refractivity contribution >= 4 is 28.8 Å². The second-order valence-electron chi connectivity index (χ2n) is 9.04. The van der Waals surface area contributed by atoms with Crippen LogP contribution in [0.1, 0.15) is 119 Å². The predicted molar refractivity (Wildman–Crippen MR) is 182 cm³/mol. The third-order valence-electron chi connectivity index (χ3n) is 5.38. The standard InChI is InChI=1S/C15H19F3N2.C9H13NO2.C6H15N.2C2H6/c1-6-11-7-12(15(16,17)18)8-13(10(4)19-5)14(11)20-9(2)3;1-4-6(2)5-8(7(3)10)9(11)12;1-2-3-4-5-6-7;2*1-2/h7-8,19H,4,6H2,1-3,5H3;4-5,10H,1-3H3,(H,11,12);2-7H2,1H3;2*1-2H3/b;6-4-,8-5+,10-7?;;;. The van der Waals surface area contributed by atoms with Gasteiger partial charge in [0.2, 0.25) is 0 Å². The van der Waals surface area contributed by atoms with Gasteiger partial charge >= 0.3 is 12.1 Å². The number of hydrogen-bond acceptors (Lipinski definition) is 5. The third kappa shape index (κ3) is 22.1. The largest absolute Gasteiger partial charge is 0.478 e. The monoisotopic (exact) mass is 612 g/mol. The van der Waals surface area contributed by atoms with E-state index in [1.54, 1.807) is 20.0 Å². The van der Waals surface area contributed by atoms with Gasteiger partial charge in [0, 0.05) is 29.7 Å². The van der Waals surface area contributed by atoms with E-state index in [1.807, 2.05) is 55.4 Å². The van der Waals surface area contributed by atoms with Gasteiger partial charge in [-0.3, -0.25) is 4.99 Å². The Morgan fingerprint density at radius 2 is 1.60 bits per heavy atom. The summed E-state index contributed by atoms with van der Waals surface area (Å²) in [5.74, 6) is -1.05. The summed E-state index contributed by atoms with van der Waals surface area (Å²) in [7, 11) is 1.63. The molecule has 0 unspecified atom stereocenters. The fourth-order valence-corrected chi connectivity index (χ4v) is 3.06. The Morgan fingerprint density at radius 3 is 1.93 bits per heavy atom. The molecule has 0 bridgehead atoms. The summed E-state index contributed by atoms with van der Waals surface area (Å²) in [6.45, 7) is 25.3. The fraction of sp³-hybridized carbons (Fsp3) is 0.559. The lowest BCUT2D eigenvalue weighted by atomic mass is 9.98. The number of hydrogen-bond donors (Lipinski definition) is 4. The lowest BCUT2D eigenvalue weighted by molar-refractivity contribution is -0.137. The number of halogens is 3. The topological polar surface area (TPSA) is 112 Å². The number of carboxylic acids is 1. The number of aryl methyl sites for hydroxylation is 1. The molecule has 1 aromatic rings. The van der Waals surface area contributed by atoms with Gasteiger partial charge in [0.05, 0.1) is 16.8 Å². The number of benzene rings is 1. The zero-order valence-electron chi connectivity index (χ0n) is 28.8. The molecule has 0 aliphatic carbocycles. The Kier molecular flexibility index (Phi) is 30.0. The van der Waals surface area contributed by atoms with Gasteiger partial charge in [0.25, 0.3) is 0 Å². The van der Waals surface area contributed by atoms with E-state index in [1.165, 1.54) is 38.7 Å². The van der Waals surface area contributed by atoms with Crippen LogP contribution in [0.5, 0.6) is 0 Å². The Labute approximate surface area is 260 Å². The van der Waals surface area contributed by atoms with Crippen molar-refractivity contribution in [3.63, 3.8) is 0 Å². The summed E-state index contributed by atoms with van der Waals surface area (Å²) in [5, 5.41) is 18.6. The van der Waals surface area contributed by atoms with E-state index in [9.17, 15) is 18.0 Å². The van der Waals surface area contributed by atoms with Crippen molar-refractivity contribution < 1.29 is 23.1 Å². The molecule has 9 heteroatoms. The molecular weight excluding hydrogens is 553 g/mol. The first-order valence-corrected chi connectivity index (χ1v) is 15.1. The molecule has 0 heterocycles. The number of aliphatic carboxylic acids is 1. The molecule has 0 saturated carbocycles. The summed E-state index contributed by atoms with van der Waals surface area (Å²) in [6.07, 6.45) is 4.55. The van der Waals surface area contributed by atoms with Gasteiger partial charge in [-0.1, -0.05) is 79.0 Å². The molecule has 43 heavy (non-hydrogen) atoms. The molecule has 0 radical (unpaired) electrons. The predicted octanol–water partition coefficient (Wildman–Crippen LogP) is 10.2. The normalized spacial score (nSPS) is 10.6. The van der Waals surface area contributed by atoms with Gasteiger partial charge in [-0.25, -0.2) is 4.79 Å². The van der Waals surface area contributed by atoms with Crippen molar-refractivity contribution in [3.8, 4) is 0 Å². The number of alkyl halides is 3. The molecule has 1 rings (SSSR count). The first-order valence-electron chi connectivity index (χ1n) is 15.1. The highest BCUT2D eigenvalue weighted by Gasteiger charge is 2.32. The maximum atomic E-state index is 13.0. The van der Waals surface area contributed by atoms with Gasteiger partial charge in [0.1, 0.15) is 0 Å². The van der Waals surface area contributed by atoms with Gasteiger partial charge in [-0.05, 0) is 77.8 Å². The second kappa shape index (κ2) is 27.6. The summed E-state index contributed by atoms with van der Waals surface area (Å²) in [4.78, 5) is 14.9. The van der Waals surface area contributed by atoms with Crippen LogP contribution in [0, 0.1) is 5.41 Å². The minimum absolute atomic E-state index is 0.0469. The number of aliphatic imine (C=N–C) groups is 1. The second-order valence-corrected chi connectivity index (χ2v) is 9.04. The molecule has 6 nitrogen and oxygen atoms in total. The number of nitrogens with two attached hydrogens (primary N) is 1. The minimum Gasteiger partial charge on any atom is -0.478 e. The van der Waals surface area contributed by atoms with Gasteiger partial charge < -0.3 is 21.6 Å². The molecule has 0 saturated heterocycles. The lowest BCUT2D eigenvalue weighted by Crippen LogP contribution is -2.10. The molecule has 0 aromatic heterocycles. The van der Waals surface area contributed by atoms with Crippen LogP contribution in [-0.2, 0) is 17.4 Å². The zero-order chi connectivity index (χ0) is 34.8. The van der Waals surface area contributed by atoms with Gasteiger partial charge in [-0.15, -0.1) is 0 Å². The fourth-order valence-electron chi connectivity index (χ4n) is 3.06. The third-order valence-corrected chi connectivity index (χ3v) is 5.38. The number of carbonyl (C=O) groups is 1. The van der Waals surface area contributed by atoms with Crippen molar-refractivity contribution in [2.45, 2.75) is 114 Å². The van der Waals surface area contributed by atoms with Crippen LogP contribution < -0.4 is 11.1 Å². The van der Waals surface area contributed by atoms with E-state index in [4.69, 9.17) is 16.2 Å². The molecular formula is C34H59F3N4O2. The van der Waals surface area contributed by atoms with Crippen LogP contribution in [0.2, 0.25) is 0 Å². The number of rotatable bonds is 11. The quantitative estimate of drug-likeness (QED) is 0.0862. The van der Waals surface area contributed by atoms with Crippen LogP contribution >= 0.6 is 0 Å². The van der Waals surface area contributed by atoms with Crippen LogP contribution in [0.3, 0.4) is 0 Å². The van der Waals surface area contributed by atoms with E-state index >= 15 is 0 Å². The molecule has 0 amide bonds. The van der Waals surface area contributed by atoms with Crippen molar-refractivity contribution in [2.24, 2.45) is 10.7 Å². The zero-order valence-corrected chi connectivity index (χ0v) is 28.8. The highest BCUT2D eigenvalue weighted by atomic mass is 19.4. The highest BCUT2D eigenvalue weighted by molar-refractivity contribution is 6.17. The Bertz CT molecular complexity index is 1020. The first-order chi connectivity index (χ1) is 20.1. The average Bonchev–Trinajstić information content (AvgIpc) is 2.97. The maximum absolute atomic E-state index is 13.0. The van der Waals surface area contributed by atoms with E-state index in [-0.39, 0.29) is 11.3 Å². The molecule has 0 spiro atoms. The molecule has 0 aliphatic rings. The van der Waals surface area contributed by atoms with Gasteiger partial charge in [0.15, 0.2) is 0 Å². The summed E-state index contributed by atoms with van der Waals surface area (Å²) in [6, 6.07) is 2.26. The smallest absolute Gasteiger partial charge is 0.416 e. The molecule has 5 N–H and O–H groups in total. The molecule has 1 aromatic carbocycles. The number of nitrogens with one attached hydrogen (secondary N) is 2. The number of unbranched alkanes of at least 4 members (excludes halogenated alkanes) is 3. The summed E-state index contributed by atoms with van der Waals surface area (Å²) >= 11 is 0. The molecule has 0 atom stereocenters. The van der Waals surface area contributed by atoms with Crippen LogP contribution in [0.25, 0.3) is 5.70 Å². The van der Waals surface area contributed by atoms with Crippen molar-refractivity contribution in [1.29, 1.82) is 5.41 Å². The lowest BCUT2D eigenvalue weighted by Gasteiger charge is -2.17. The first kappa shape index (κ1) is 46.7. The average molecular weight is 613 g/mol. The van der Waals surface area contributed by atoms with Crippen LogP contribution in [-0.4, -0.2) is 36.1 Å². The van der Waals surface area contributed by atoms with Gasteiger partial charge in [-0.2, -0.15) is 13.2 Å². The molecule has 248 valence electrons. The summed E-state index contributed by atoms with van der Waals surface area (Å²) < 4.78 is 38.9. The Hall–Kier alpha value is -3.20. The maximum Gasteiger partial charge on any atom is 0.416 e. The number of allylic oxidation sites excluding steroid dienone is 3. The van der Waals surface area contributed by atoms with E-state index in [2.05, 4.69) is 23.8 Å². The molecule has 0 fully saturated rings.